The number of rotatable bonds is 7. The number of nitrogens with one attached hydrogen (secondary N) is 1. The van der Waals surface area contributed by atoms with Crippen molar-refractivity contribution in [3.63, 3.8) is 0 Å². The molecule has 0 bridgehead atoms. The summed E-state index contributed by atoms with van der Waals surface area (Å²) < 4.78 is 25.7. The minimum atomic E-state index is -3.66. The molecule has 1 amide bonds. The van der Waals surface area contributed by atoms with Crippen LogP contribution < -0.4 is 9.62 Å². The third-order valence-electron chi connectivity index (χ3n) is 3.88. The summed E-state index contributed by atoms with van der Waals surface area (Å²) in [6.07, 6.45) is 1.06. The van der Waals surface area contributed by atoms with Crippen molar-refractivity contribution in [2.45, 2.75) is 19.5 Å². The van der Waals surface area contributed by atoms with Gasteiger partial charge in [-0.3, -0.25) is 13.9 Å². The highest BCUT2D eigenvalue weighted by Gasteiger charge is 2.21. The van der Waals surface area contributed by atoms with E-state index in [0.717, 1.165) is 10.6 Å². The zero-order valence-electron chi connectivity index (χ0n) is 15.0. The maximum absolute atomic E-state index is 12.3. The molecule has 0 aliphatic rings. The zero-order valence-corrected chi connectivity index (χ0v) is 17.3. The fraction of sp³-hybridized carbons (Fsp3) is 0.222. The molecule has 0 radical (unpaired) electrons. The van der Waals surface area contributed by atoms with Crippen molar-refractivity contribution in [1.82, 2.24) is 5.32 Å². The van der Waals surface area contributed by atoms with Gasteiger partial charge in [0.15, 0.2) is 0 Å². The van der Waals surface area contributed by atoms with Crippen LogP contribution in [0.2, 0.25) is 10.0 Å². The van der Waals surface area contributed by atoms with Crippen LogP contribution in [0.1, 0.15) is 22.8 Å². The van der Waals surface area contributed by atoms with E-state index in [4.69, 9.17) is 28.3 Å². The monoisotopic (exact) mass is 444 g/mol. The maximum atomic E-state index is 12.3. The summed E-state index contributed by atoms with van der Waals surface area (Å²) in [6, 6.07) is 9.63. The van der Waals surface area contributed by atoms with Crippen LogP contribution in [0.4, 0.5) is 5.69 Å². The highest BCUT2D eigenvalue weighted by atomic mass is 35.5. The second-order valence-corrected chi connectivity index (χ2v) is 8.75. The topological polar surface area (TPSA) is 104 Å². The lowest BCUT2D eigenvalue weighted by atomic mass is 10.1. The van der Waals surface area contributed by atoms with E-state index in [-0.39, 0.29) is 17.1 Å². The van der Waals surface area contributed by atoms with Gasteiger partial charge in [-0.2, -0.15) is 0 Å². The van der Waals surface area contributed by atoms with Gasteiger partial charge in [-0.1, -0.05) is 35.3 Å². The fourth-order valence-corrected chi connectivity index (χ4v) is 3.60. The first-order valence-corrected chi connectivity index (χ1v) is 10.7. The van der Waals surface area contributed by atoms with Gasteiger partial charge < -0.3 is 10.4 Å². The fourth-order valence-electron chi connectivity index (χ4n) is 2.35. The van der Waals surface area contributed by atoms with Crippen LogP contribution in [0.15, 0.2) is 42.5 Å². The van der Waals surface area contributed by atoms with E-state index in [0.29, 0.717) is 16.3 Å². The minimum Gasteiger partial charge on any atom is -0.480 e. The molecule has 2 aromatic carbocycles. The first-order chi connectivity index (χ1) is 13.0. The molecular weight excluding hydrogens is 427 g/mol. The van der Waals surface area contributed by atoms with E-state index in [2.05, 4.69) is 5.32 Å². The SMILES string of the molecule is C[C@H](NC(=O)c1ccc(N(Cc2cccc(Cl)c2Cl)S(C)(=O)=O)cc1)C(=O)O. The third-order valence-corrected chi connectivity index (χ3v) is 5.88. The van der Waals surface area contributed by atoms with Crippen molar-refractivity contribution in [2.75, 3.05) is 10.6 Å². The number of nitrogens with zero attached hydrogens (tertiary/aromatic N) is 1. The van der Waals surface area contributed by atoms with Gasteiger partial charge in [-0.25, -0.2) is 8.42 Å². The number of carboxylic acid groups (broad SMARTS) is 1. The average molecular weight is 445 g/mol. The summed E-state index contributed by atoms with van der Waals surface area (Å²) in [5, 5.41) is 11.8. The lowest BCUT2D eigenvalue weighted by Gasteiger charge is -2.23. The van der Waals surface area contributed by atoms with E-state index in [1.807, 2.05) is 0 Å². The molecule has 28 heavy (non-hydrogen) atoms. The first kappa shape index (κ1) is 22.0. The van der Waals surface area contributed by atoms with Crippen molar-refractivity contribution in [1.29, 1.82) is 0 Å². The normalized spacial score (nSPS) is 12.3. The van der Waals surface area contributed by atoms with E-state index < -0.39 is 27.9 Å². The molecule has 0 unspecified atom stereocenters. The van der Waals surface area contributed by atoms with Gasteiger partial charge in [0.05, 0.1) is 28.5 Å². The molecule has 7 nitrogen and oxygen atoms in total. The summed E-state index contributed by atoms with van der Waals surface area (Å²) in [5.74, 6) is -1.74. The molecule has 1 atom stereocenters. The van der Waals surface area contributed by atoms with Crippen LogP contribution in [0.25, 0.3) is 0 Å². The van der Waals surface area contributed by atoms with Gasteiger partial charge in [0, 0.05) is 5.56 Å². The predicted molar refractivity (Wildman–Crippen MR) is 108 cm³/mol. The van der Waals surface area contributed by atoms with Crippen LogP contribution in [0.5, 0.6) is 0 Å². The van der Waals surface area contributed by atoms with E-state index in [1.165, 1.54) is 31.2 Å². The maximum Gasteiger partial charge on any atom is 0.325 e. The number of benzene rings is 2. The van der Waals surface area contributed by atoms with Crippen LogP contribution in [0, 0.1) is 0 Å². The Kier molecular flexibility index (Phi) is 6.92. The second-order valence-electron chi connectivity index (χ2n) is 6.06. The van der Waals surface area contributed by atoms with Crippen molar-refractivity contribution < 1.29 is 23.1 Å². The summed E-state index contributed by atoms with van der Waals surface area (Å²) in [6.45, 7) is 1.30. The molecule has 0 aliphatic carbocycles. The molecule has 0 saturated carbocycles. The van der Waals surface area contributed by atoms with Crippen molar-refractivity contribution in [3.8, 4) is 0 Å². The third kappa shape index (κ3) is 5.37. The molecule has 2 rings (SSSR count). The van der Waals surface area contributed by atoms with Crippen molar-refractivity contribution in [3.05, 3.63) is 63.6 Å². The van der Waals surface area contributed by atoms with Gasteiger partial charge in [-0.05, 0) is 42.8 Å². The first-order valence-electron chi connectivity index (χ1n) is 8.05. The van der Waals surface area contributed by atoms with E-state index >= 15 is 0 Å². The molecule has 0 heterocycles. The number of anilines is 1. The number of carbonyl (C=O) groups is 2. The minimum absolute atomic E-state index is 0.0418. The Morgan fingerprint density at radius 1 is 1.14 bits per heavy atom. The van der Waals surface area contributed by atoms with Gasteiger partial charge in [0.2, 0.25) is 10.0 Å². The molecule has 0 spiro atoms. The average Bonchev–Trinajstić information content (AvgIpc) is 2.62. The molecule has 2 N–H and O–H groups in total. The van der Waals surface area contributed by atoms with Crippen molar-refractivity contribution in [2.24, 2.45) is 0 Å². The number of carboxylic acids is 1. The predicted octanol–water partition coefficient (Wildman–Crippen LogP) is 3.16. The number of hydrogen-bond acceptors (Lipinski definition) is 4. The Morgan fingerprint density at radius 3 is 2.29 bits per heavy atom. The number of carbonyl (C=O) groups excluding carboxylic acids is 1. The van der Waals surface area contributed by atoms with E-state index in [1.54, 1.807) is 18.2 Å². The molecule has 0 aliphatic heterocycles. The van der Waals surface area contributed by atoms with Crippen molar-refractivity contribution >= 4 is 50.8 Å². The van der Waals surface area contributed by atoms with Crippen LogP contribution in [0.3, 0.4) is 0 Å². The van der Waals surface area contributed by atoms with E-state index in [9.17, 15) is 18.0 Å². The number of halogens is 2. The number of amides is 1. The molecular formula is C18H18Cl2N2O5S. The van der Waals surface area contributed by atoms with Crippen LogP contribution in [-0.4, -0.2) is 37.7 Å². The Bertz CT molecular complexity index is 994. The largest absolute Gasteiger partial charge is 0.480 e. The highest BCUT2D eigenvalue weighted by Crippen LogP contribution is 2.29. The Labute approximate surface area is 172 Å². The molecule has 10 heteroatoms. The van der Waals surface area contributed by atoms with Crippen LogP contribution in [-0.2, 0) is 21.4 Å². The lowest BCUT2D eigenvalue weighted by Crippen LogP contribution is -2.38. The van der Waals surface area contributed by atoms with Crippen LogP contribution >= 0.6 is 23.2 Å². The Balaban J connectivity index is 2.29. The quantitative estimate of drug-likeness (QED) is 0.682. The number of sulfonamides is 1. The molecule has 2 aromatic rings. The van der Waals surface area contributed by atoms with Gasteiger partial charge >= 0.3 is 5.97 Å². The van der Waals surface area contributed by atoms with Gasteiger partial charge in [0.1, 0.15) is 6.04 Å². The number of hydrogen-bond donors (Lipinski definition) is 2. The number of aliphatic carboxylic acids is 1. The van der Waals surface area contributed by atoms with Gasteiger partial charge in [-0.15, -0.1) is 0 Å². The Hall–Kier alpha value is -2.29. The summed E-state index contributed by atoms with van der Waals surface area (Å²) in [5.41, 5.74) is 1.05. The Morgan fingerprint density at radius 2 is 1.75 bits per heavy atom. The summed E-state index contributed by atoms with van der Waals surface area (Å²) in [4.78, 5) is 22.9. The highest BCUT2D eigenvalue weighted by molar-refractivity contribution is 7.92. The molecule has 0 aromatic heterocycles. The molecule has 0 fully saturated rings. The lowest BCUT2D eigenvalue weighted by molar-refractivity contribution is -0.138. The summed E-state index contributed by atoms with van der Waals surface area (Å²) in [7, 11) is -3.66. The van der Waals surface area contributed by atoms with Gasteiger partial charge in [0.25, 0.3) is 5.91 Å². The zero-order chi connectivity index (χ0) is 21.1. The smallest absolute Gasteiger partial charge is 0.325 e. The molecule has 150 valence electrons. The summed E-state index contributed by atoms with van der Waals surface area (Å²) >= 11 is 12.2. The standard InChI is InChI=1S/C18H18Cl2N2O5S/c1-11(18(24)25)21-17(23)12-6-8-14(9-7-12)22(28(2,26)27)10-13-4-3-5-15(19)16(13)20/h3-9,11H,10H2,1-2H3,(H,21,23)(H,24,25)/t11-/m0/s1. The molecule has 0 saturated heterocycles. The second kappa shape index (κ2) is 8.81.